The second kappa shape index (κ2) is 9.18. The number of hydrogen-bond donors (Lipinski definition) is 1. The SMILES string of the molecule is O=C1NC[C@H](c2cccc(Oc3cnccn3)c2)N1c1ccc(Oc2ccc(Cl)cc2)cc1. The van der Waals surface area contributed by atoms with Crippen LogP contribution in [0.1, 0.15) is 11.6 Å². The van der Waals surface area contributed by atoms with Gasteiger partial charge in [0.2, 0.25) is 5.88 Å². The third-order valence-corrected chi connectivity index (χ3v) is 5.40. The predicted octanol–water partition coefficient (Wildman–Crippen LogP) is 5.99. The molecule has 1 saturated heterocycles. The lowest BCUT2D eigenvalue weighted by Gasteiger charge is -2.24. The van der Waals surface area contributed by atoms with Crippen LogP contribution in [-0.4, -0.2) is 22.5 Å². The molecule has 3 aromatic carbocycles. The third-order valence-electron chi connectivity index (χ3n) is 5.15. The van der Waals surface area contributed by atoms with Crippen LogP contribution in [-0.2, 0) is 0 Å². The van der Waals surface area contributed by atoms with E-state index in [0.29, 0.717) is 34.7 Å². The highest BCUT2D eigenvalue weighted by atomic mass is 35.5. The van der Waals surface area contributed by atoms with Gasteiger partial charge in [0.05, 0.1) is 12.2 Å². The molecule has 0 bridgehead atoms. The van der Waals surface area contributed by atoms with Crippen LogP contribution in [0, 0.1) is 0 Å². The van der Waals surface area contributed by atoms with Crippen molar-refractivity contribution in [3.63, 3.8) is 0 Å². The molecule has 33 heavy (non-hydrogen) atoms. The first-order valence-electron chi connectivity index (χ1n) is 10.3. The second-order valence-electron chi connectivity index (χ2n) is 7.34. The number of aromatic nitrogens is 2. The molecule has 1 aliphatic heterocycles. The summed E-state index contributed by atoms with van der Waals surface area (Å²) >= 11 is 5.92. The molecule has 7 nitrogen and oxygen atoms in total. The fourth-order valence-electron chi connectivity index (χ4n) is 3.62. The minimum absolute atomic E-state index is 0.161. The molecule has 0 aliphatic carbocycles. The Kier molecular flexibility index (Phi) is 5.78. The van der Waals surface area contributed by atoms with E-state index in [9.17, 15) is 4.79 Å². The van der Waals surface area contributed by atoms with E-state index in [1.165, 1.54) is 0 Å². The van der Waals surface area contributed by atoms with Crippen molar-refractivity contribution >= 4 is 23.3 Å². The summed E-state index contributed by atoms with van der Waals surface area (Å²) < 4.78 is 11.7. The Labute approximate surface area is 195 Å². The number of nitrogens with zero attached hydrogens (tertiary/aromatic N) is 3. The summed E-state index contributed by atoms with van der Waals surface area (Å²) in [5.74, 6) is 2.38. The number of amides is 2. The van der Waals surface area contributed by atoms with Crippen molar-refractivity contribution in [2.75, 3.05) is 11.4 Å². The third kappa shape index (κ3) is 4.73. The van der Waals surface area contributed by atoms with Crippen molar-refractivity contribution in [1.29, 1.82) is 0 Å². The number of halogens is 1. The Bertz CT molecular complexity index is 1250. The van der Waals surface area contributed by atoms with Gasteiger partial charge in [-0.05, 0) is 66.2 Å². The fraction of sp³-hybridized carbons (Fsp3) is 0.0800. The number of urea groups is 1. The minimum Gasteiger partial charge on any atom is -0.457 e. The van der Waals surface area contributed by atoms with Crippen molar-refractivity contribution in [3.05, 3.63) is 102 Å². The summed E-state index contributed by atoms with van der Waals surface area (Å²) in [6.45, 7) is 0.483. The van der Waals surface area contributed by atoms with Gasteiger partial charge in [-0.3, -0.25) is 9.88 Å². The highest BCUT2D eigenvalue weighted by Gasteiger charge is 2.33. The van der Waals surface area contributed by atoms with Crippen LogP contribution in [0.15, 0.2) is 91.4 Å². The van der Waals surface area contributed by atoms with Gasteiger partial charge in [-0.15, -0.1) is 0 Å². The Balaban J connectivity index is 1.35. The monoisotopic (exact) mass is 458 g/mol. The van der Waals surface area contributed by atoms with Crippen LogP contribution in [0.2, 0.25) is 5.02 Å². The van der Waals surface area contributed by atoms with Gasteiger partial charge in [-0.2, -0.15) is 0 Å². The molecule has 5 rings (SSSR count). The van der Waals surface area contributed by atoms with E-state index in [1.807, 2.05) is 48.5 Å². The summed E-state index contributed by atoms with van der Waals surface area (Å²) in [6, 6.07) is 21.8. The molecule has 1 fully saturated rings. The van der Waals surface area contributed by atoms with E-state index in [4.69, 9.17) is 21.1 Å². The van der Waals surface area contributed by atoms with E-state index in [1.54, 1.807) is 47.8 Å². The summed E-state index contributed by atoms with van der Waals surface area (Å²) in [5.41, 5.74) is 1.70. The smallest absolute Gasteiger partial charge is 0.322 e. The van der Waals surface area contributed by atoms with Crippen LogP contribution in [0.25, 0.3) is 0 Å². The van der Waals surface area contributed by atoms with Gasteiger partial charge in [0, 0.05) is 29.6 Å². The van der Waals surface area contributed by atoms with Crippen molar-refractivity contribution in [2.24, 2.45) is 0 Å². The van der Waals surface area contributed by atoms with Gasteiger partial charge in [0.1, 0.15) is 17.2 Å². The Morgan fingerprint density at radius 1 is 0.909 bits per heavy atom. The molecule has 4 aromatic rings. The summed E-state index contributed by atoms with van der Waals surface area (Å²) in [6.07, 6.45) is 4.71. The minimum atomic E-state index is -0.189. The molecule has 0 spiro atoms. The molecule has 1 aromatic heterocycles. The van der Waals surface area contributed by atoms with Crippen molar-refractivity contribution < 1.29 is 14.3 Å². The highest BCUT2D eigenvalue weighted by molar-refractivity contribution is 6.30. The molecule has 1 aliphatic rings. The molecule has 2 heterocycles. The summed E-state index contributed by atoms with van der Waals surface area (Å²) in [4.78, 5) is 22.5. The lowest BCUT2D eigenvalue weighted by Crippen LogP contribution is -2.29. The van der Waals surface area contributed by atoms with E-state index in [0.717, 1.165) is 11.3 Å². The second-order valence-corrected chi connectivity index (χ2v) is 7.78. The topological polar surface area (TPSA) is 76.6 Å². The molecule has 0 unspecified atom stereocenters. The Morgan fingerprint density at radius 2 is 1.67 bits per heavy atom. The lowest BCUT2D eigenvalue weighted by atomic mass is 10.1. The molecular formula is C25H19ClN4O3. The molecule has 0 radical (unpaired) electrons. The number of benzene rings is 3. The van der Waals surface area contributed by atoms with E-state index < -0.39 is 0 Å². The number of anilines is 1. The number of carbonyl (C=O) groups excluding carboxylic acids is 1. The summed E-state index contributed by atoms with van der Waals surface area (Å²) in [7, 11) is 0. The molecule has 164 valence electrons. The van der Waals surface area contributed by atoms with Crippen molar-refractivity contribution in [1.82, 2.24) is 15.3 Å². The van der Waals surface area contributed by atoms with E-state index >= 15 is 0 Å². The number of carbonyl (C=O) groups is 1. The number of rotatable bonds is 6. The zero-order valence-corrected chi connectivity index (χ0v) is 18.1. The standard InChI is InChI=1S/C25H19ClN4O3/c26-18-4-8-20(9-5-18)32-21-10-6-19(7-11-21)30-23(15-29-25(30)31)17-2-1-3-22(14-17)33-24-16-27-12-13-28-24/h1-14,16,23H,15H2,(H,29,31)/t23-/m1/s1. The number of nitrogens with one attached hydrogen (secondary N) is 1. The predicted molar refractivity (Wildman–Crippen MR) is 125 cm³/mol. The Morgan fingerprint density at radius 3 is 2.39 bits per heavy atom. The van der Waals surface area contributed by atoms with Crippen LogP contribution >= 0.6 is 11.6 Å². The zero-order chi connectivity index (χ0) is 22.6. The highest BCUT2D eigenvalue weighted by Crippen LogP contribution is 2.34. The van der Waals surface area contributed by atoms with Crippen LogP contribution in [0.4, 0.5) is 10.5 Å². The average Bonchev–Trinajstić information content (AvgIpc) is 3.23. The quantitative estimate of drug-likeness (QED) is 0.384. The van der Waals surface area contributed by atoms with Gasteiger partial charge >= 0.3 is 6.03 Å². The number of hydrogen-bond acceptors (Lipinski definition) is 5. The van der Waals surface area contributed by atoms with Crippen LogP contribution in [0.3, 0.4) is 0 Å². The largest absolute Gasteiger partial charge is 0.457 e. The maximum absolute atomic E-state index is 12.7. The van der Waals surface area contributed by atoms with Gasteiger partial charge in [0.15, 0.2) is 0 Å². The van der Waals surface area contributed by atoms with Crippen molar-refractivity contribution in [2.45, 2.75) is 6.04 Å². The first kappa shape index (κ1) is 20.8. The average molecular weight is 459 g/mol. The first-order valence-corrected chi connectivity index (χ1v) is 10.7. The van der Waals surface area contributed by atoms with E-state index in [2.05, 4.69) is 15.3 Å². The van der Waals surface area contributed by atoms with Gasteiger partial charge in [-0.1, -0.05) is 23.7 Å². The van der Waals surface area contributed by atoms with Gasteiger partial charge < -0.3 is 14.8 Å². The van der Waals surface area contributed by atoms with Crippen LogP contribution in [0.5, 0.6) is 23.1 Å². The molecule has 1 N–H and O–H groups in total. The lowest BCUT2D eigenvalue weighted by molar-refractivity contribution is 0.251. The summed E-state index contributed by atoms with van der Waals surface area (Å²) in [5, 5.41) is 3.57. The molecule has 2 amide bonds. The van der Waals surface area contributed by atoms with Crippen molar-refractivity contribution in [3.8, 4) is 23.1 Å². The normalized spacial score (nSPS) is 15.2. The molecule has 8 heteroatoms. The van der Waals surface area contributed by atoms with Crippen LogP contribution < -0.4 is 19.7 Å². The zero-order valence-electron chi connectivity index (χ0n) is 17.4. The molecule has 1 atom stereocenters. The number of ether oxygens (including phenoxy) is 2. The molecule has 0 saturated carbocycles. The fourth-order valence-corrected chi connectivity index (χ4v) is 3.75. The maximum Gasteiger partial charge on any atom is 0.322 e. The van der Waals surface area contributed by atoms with E-state index in [-0.39, 0.29) is 12.1 Å². The maximum atomic E-state index is 12.7. The van der Waals surface area contributed by atoms with Gasteiger partial charge in [-0.25, -0.2) is 9.78 Å². The van der Waals surface area contributed by atoms with Gasteiger partial charge in [0.25, 0.3) is 0 Å². The molecular weight excluding hydrogens is 440 g/mol. The Hall–Kier alpha value is -4.10. The first-order chi connectivity index (χ1) is 16.2.